The van der Waals surface area contributed by atoms with E-state index < -0.39 is 0 Å². The van der Waals surface area contributed by atoms with Gasteiger partial charge in [0, 0.05) is 41.8 Å². The quantitative estimate of drug-likeness (QED) is 0.413. The highest BCUT2D eigenvalue weighted by Gasteiger charge is 2.19. The van der Waals surface area contributed by atoms with Crippen molar-refractivity contribution in [2.75, 3.05) is 14.2 Å². The fraction of sp³-hybridized carbons (Fsp3) is 0.111. The maximum Gasteiger partial charge on any atom is 0.270 e. The van der Waals surface area contributed by atoms with Crippen molar-refractivity contribution < 1.29 is 14.3 Å². The minimum atomic E-state index is -0.347. The van der Waals surface area contributed by atoms with Gasteiger partial charge >= 0.3 is 0 Å². The molecule has 0 radical (unpaired) electrons. The third-order valence-corrected chi connectivity index (χ3v) is 5.34. The molecule has 0 fully saturated rings. The van der Waals surface area contributed by atoms with Crippen molar-refractivity contribution >= 4 is 28.8 Å². The van der Waals surface area contributed by atoms with Gasteiger partial charge in [0.15, 0.2) is 0 Å². The topological polar surface area (TPSA) is 74.4 Å². The van der Waals surface area contributed by atoms with Crippen LogP contribution < -0.4 is 10.1 Å². The molecule has 33 heavy (non-hydrogen) atoms. The highest BCUT2D eigenvalue weighted by atomic mass is 16.5. The van der Waals surface area contributed by atoms with Crippen molar-refractivity contribution in [3.8, 4) is 5.75 Å². The van der Waals surface area contributed by atoms with Crippen LogP contribution >= 0.6 is 0 Å². The molecule has 0 spiro atoms. The lowest BCUT2D eigenvalue weighted by atomic mass is 10.1. The van der Waals surface area contributed by atoms with Gasteiger partial charge in [-0.1, -0.05) is 48.5 Å². The van der Waals surface area contributed by atoms with Crippen LogP contribution in [0.2, 0.25) is 0 Å². The zero-order chi connectivity index (χ0) is 23.2. The molecule has 1 heterocycles. The standard InChI is InChI=1S/C27H25N3O3/c1-30(18-19-9-5-3-6-10-19)27(32)25(29-26(31)20-11-7-4-8-12-20)15-21-17-28-24-14-13-22(33-2)16-23(21)24/h3-17,28H,18H2,1-2H3,(H,29,31). The van der Waals surface area contributed by atoms with Gasteiger partial charge in [0.05, 0.1) is 7.11 Å². The van der Waals surface area contributed by atoms with E-state index in [4.69, 9.17) is 4.74 Å². The van der Waals surface area contributed by atoms with Gasteiger partial charge in [-0.2, -0.15) is 0 Å². The first-order chi connectivity index (χ1) is 16.0. The largest absolute Gasteiger partial charge is 0.497 e. The third kappa shape index (κ3) is 5.13. The maximum atomic E-state index is 13.4. The van der Waals surface area contributed by atoms with Crippen LogP contribution in [0.4, 0.5) is 0 Å². The number of hydrogen-bond acceptors (Lipinski definition) is 3. The first-order valence-corrected chi connectivity index (χ1v) is 10.6. The van der Waals surface area contributed by atoms with Gasteiger partial charge in [0.2, 0.25) is 0 Å². The Bertz CT molecular complexity index is 1290. The van der Waals surface area contributed by atoms with Crippen LogP contribution in [0, 0.1) is 0 Å². The number of nitrogens with zero attached hydrogens (tertiary/aromatic N) is 1. The number of fused-ring (bicyclic) bond motifs is 1. The molecule has 0 atom stereocenters. The lowest BCUT2D eigenvalue weighted by Gasteiger charge is -2.20. The summed E-state index contributed by atoms with van der Waals surface area (Å²) >= 11 is 0. The average molecular weight is 440 g/mol. The van der Waals surface area contributed by atoms with Gasteiger partial charge in [0.1, 0.15) is 11.4 Å². The van der Waals surface area contributed by atoms with E-state index in [-0.39, 0.29) is 17.5 Å². The van der Waals surface area contributed by atoms with Gasteiger partial charge < -0.3 is 19.9 Å². The smallest absolute Gasteiger partial charge is 0.270 e. The molecule has 3 aromatic carbocycles. The highest BCUT2D eigenvalue weighted by Crippen LogP contribution is 2.25. The molecule has 6 nitrogen and oxygen atoms in total. The molecule has 0 saturated heterocycles. The number of aromatic nitrogens is 1. The van der Waals surface area contributed by atoms with E-state index >= 15 is 0 Å². The van der Waals surface area contributed by atoms with E-state index in [2.05, 4.69) is 10.3 Å². The molecule has 6 heteroatoms. The molecule has 0 aliphatic carbocycles. The number of benzene rings is 3. The van der Waals surface area contributed by atoms with Crippen molar-refractivity contribution in [3.05, 3.63) is 107 Å². The number of aromatic amines is 1. The molecule has 1 aromatic heterocycles. The number of carbonyl (C=O) groups is 2. The Kier molecular flexibility index (Phi) is 6.55. The minimum absolute atomic E-state index is 0.186. The second-order valence-corrected chi connectivity index (χ2v) is 7.68. The lowest BCUT2D eigenvalue weighted by Crippen LogP contribution is -2.35. The molecule has 4 aromatic rings. The summed E-state index contributed by atoms with van der Waals surface area (Å²) < 4.78 is 5.35. The van der Waals surface area contributed by atoms with Crippen LogP contribution in [0.3, 0.4) is 0 Å². The van der Waals surface area contributed by atoms with Crippen molar-refractivity contribution in [2.24, 2.45) is 0 Å². The molecule has 0 aliphatic heterocycles. The van der Waals surface area contributed by atoms with Crippen LogP contribution in [0.15, 0.2) is 90.8 Å². The second-order valence-electron chi connectivity index (χ2n) is 7.68. The van der Waals surface area contributed by atoms with Crippen molar-refractivity contribution in [2.45, 2.75) is 6.54 Å². The van der Waals surface area contributed by atoms with E-state index in [1.165, 1.54) is 0 Å². The first kappa shape index (κ1) is 21.9. The van der Waals surface area contributed by atoms with Gasteiger partial charge in [-0.25, -0.2) is 0 Å². The number of H-pyrrole nitrogens is 1. The zero-order valence-electron chi connectivity index (χ0n) is 18.5. The molecule has 4 rings (SSSR count). The number of methoxy groups -OCH3 is 1. The fourth-order valence-electron chi connectivity index (χ4n) is 3.59. The summed E-state index contributed by atoms with van der Waals surface area (Å²) in [5, 5.41) is 3.71. The molecular weight excluding hydrogens is 414 g/mol. The summed E-state index contributed by atoms with van der Waals surface area (Å²) in [6, 6.07) is 24.2. The monoisotopic (exact) mass is 439 g/mol. The minimum Gasteiger partial charge on any atom is -0.497 e. The van der Waals surface area contributed by atoms with E-state index in [0.717, 1.165) is 22.0 Å². The number of carbonyl (C=O) groups excluding carboxylic acids is 2. The van der Waals surface area contributed by atoms with Crippen LogP contribution in [-0.2, 0) is 11.3 Å². The Morgan fingerprint density at radius 2 is 1.70 bits per heavy atom. The summed E-state index contributed by atoms with van der Waals surface area (Å²) in [4.78, 5) is 31.1. The van der Waals surface area contributed by atoms with Crippen molar-refractivity contribution in [3.63, 3.8) is 0 Å². The second kappa shape index (κ2) is 9.87. The molecule has 0 bridgehead atoms. The number of rotatable bonds is 7. The van der Waals surface area contributed by atoms with Crippen molar-refractivity contribution in [1.29, 1.82) is 0 Å². The lowest BCUT2D eigenvalue weighted by molar-refractivity contribution is -0.126. The Morgan fingerprint density at radius 1 is 1.00 bits per heavy atom. The molecular formula is C27H25N3O3. The molecule has 0 aliphatic rings. The predicted octanol–water partition coefficient (Wildman–Crippen LogP) is 4.61. The molecule has 2 N–H and O–H groups in total. The van der Waals surface area contributed by atoms with Crippen molar-refractivity contribution in [1.82, 2.24) is 15.2 Å². The Balaban J connectivity index is 1.69. The Morgan fingerprint density at radius 3 is 2.39 bits per heavy atom. The maximum absolute atomic E-state index is 13.4. The van der Waals surface area contributed by atoms with E-state index in [1.807, 2.05) is 60.8 Å². The van der Waals surface area contributed by atoms with Crippen LogP contribution in [0.1, 0.15) is 21.5 Å². The third-order valence-electron chi connectivity index (χ3n) is 5.34. The van der Waals surface area contributed by atoms with Crippen LogP contribution in [0.25, 0.3) is 17.0 Å². The fourth-order valence-corrected chi connectivity index (χ4v) is 3.59. The highest BCUT2D eigenvalue weighted by molar-refractivity contribution is 6.06. The number of likely N-dealkylation sites (N-methyl/N-ethyl adjacent to an activating group) is 1. The summed E-state index contributed by atoms with van der Waals surface area (Å²) in [7, 11) is 3.33. The summed E-state index contributed by atoms with van der Waals surface area (Å²) in [6.07, 6.45) is 3.51. The normalized spacial score (nSPS) is 11.3. The Labute approximate surface area is 192 Å². The number of hydrogen-bond donors (Lipinski definition) is 2. The van der Waals surface area contributed by atoms with E-state index in [0.29, 0.717) is 17.9 Å². The van der Waals surface area contributed by atoms with Gasteiger partial charge in [-0.15, -0.1) is 0 Å². The summed E-state index contributed by atoms with van der Waals surface area (Å²) in [5.74, 6) is 0.0697. The SMILES string of the molecule is COc1ccc2[nH]cc(C=C(NC(=O)c3ccccc3)C(=O)N(C)Cc3ccccc3)c2c1. The van der Waals surface area contributed by atoms with Crippen LogP contribution in [0.5, 0.6) is 5.75 Å². The Hall–Kier alpha value is -4.32. The van der Waals surface area contributed by atoms with E-state index in [9.17, 15) is 9.59 Å². The number of ether oxygens (including phenoxy) is 1. The molecule has 0 saturated carbocycles. The summed E-state index contributed by atoms with van der Waals surface area (Å²) in [5.41, 5.74) is 3.34. The molecule has 2 amide bonds. The predicted molar refractivity (Wildman–Crippen MR) is 130 cm³/mol. The number of nitrogens with one attached hydrogen (secondary N) is 2. The van der Waals surface area contributed by atoms with Gasteiger partial charge in [-0.3, -0.25) is 9.59 Å². The number of amides is 2. The molecule has 166 valence electrons. The van der Waals surface area contributed by atoms with Gasteiger partial charge in [0.25, 0.3) is 11.8 Å². The summed E-state index contributed by atoms with van der Waals surface area (Å²) in [6.45, 7) is 0.417. The molecule has 0 unspecified atom stereocenters. The van der Waals surface area contributed by atoms with Crippen LogP contribution in [-0.4, -0.2) is 35.9 Å². The zero-order valence-corrected chi connectivity index (χ0v) is 18.5. The van der Waals surface area contributed by atoms with E-state index in [1.54, 1.807) is 49.4 Å². The first-order valence-electron chi connectivity index (χ1n) is 10.6. The average Bonchev–Trinajstić information content (AvgIpc) is 3.26. The van der Waals surface area contributed by atoms with Gasteiger partial charge in [-0.05, 0) is 42.0 Å².